The van der Waals surface area contributed by atoms with Crippen LogP contribution in [0.1, 0.15) is 25.1 Å². The Morgan fingerprint density at radius 1 is 1.29 bits per heavy atom. The van der Waals surface area contributed by atoms with Crippen molar-refractivity contribution in [2.24, 2.45) is 5.73 Å². The van der Waals surface area contributed by atoms with Crippen molar-refractivity contribution in [3.63, 3.8) is 0 Å². The number of nitrogens with one attached hydrogen (secondary N) is 1. The van der Waals surface area contributed by atoms with Crippen LogP contribution in [-0.2, 0) is 16.1 Å². The number of para-hydroxylation sites is 1. The number of hydrogen-bond donors (Lipinski definition) is 2. The van der Waals surface area contributed by atoms with E-state index in [9.17, 15) is 9.59 Å². The summed E-state index contributed by atoms with van der Waals surface area (Å²) >= 11 is 0. The van der Waals surface area contributed by atoms with E-state index in [0.29, 0.717) is 49.5 Å². The number of carbonyl (C=O) groups excluding carboxylic acids is 1. The van der Waals surface area contributed by atoms with E-state index in [2.05, 4.69) is 14.9 Å². The highest BCUT2D eigenvalue weighted by Gasteiger charge is 2.34. The Bertz CT molecular complexity index is 899. The first-order chi connectivity index (χ1) is 13.7. The van der Waals surface area contributed by atoms with Gasteiger partial charge in [-0.2, -0.15) is 0 Å². The number of morpholine rings is 1. The van der Waals surface area contributed by atoms with Crippen molar-refractivity contribution in [3.05, 3.63) is 40.4 Å². The molecular formula is C20H27N5O3. The number of amides is 1. The first-order valence-corrected chi connectivity index (χ1v) is 9.98. The Morgan fingerprint density at radius 2 is 2.14 bits per heavy atom. The van der Waals surface area contributed by atoms with Crippen molar-refractivity contribution in [1.82, 2.24) is 19.8 Å². The fourth-order valence-electron chi connectivity index (χ4n) is 4.14. The SMILES string of the molecule is NCC1CCCCN1C(=O)C1CN(Cc2nc3ccccc3c(=O)[nH]2)CCO1. The predicted molar refractivity (Wildman–Crippen MR) is 106 cm³/mol. The Kier molecular flexibility index (Phi) is 5.70. The molecule has 2 aromatic rings. The molecule has 1 aromatic carbocycles. The van der Waals surface area contributed by atoms with Crippen LogP contribution in [0.15, 0.2) is 29.1 Å². The molecule has 0 bridgehead atoms. The summed E-state index contributed by atoms with van der Waals surface area (Å²) in [6.07, 6.45) is 2.60. The van der Waals surface area contributed by atoms with Crippen LogP contribution in [0.25, 0.3) is 10.9 Å². The minimum Gasteiger partial charge on any atom is -0.366 e. The highest BCUT2D eigenvalue weighted by Crippen LogP contribution is 2.20. The number of likely N-dealkylation sites (tertiary alicyclic amines) is 1. The van der Waals surface area contributed by atoms with E-state index in [1.165, 1.54) is 0 Å². The van der Waals surface area contributed by atoms with Crippen LogP contribution >= 0.6 is 0 Å². The van der Waals surface area contributed by atoms with Gasteiger partial charge in [-0.05, 0) is 31.4 Å². The molecule has 28 heavy (non-hydrogen) atoms. The molecule has 2 atom stereocenters. The standard InChI is InChI=1S/C20H27N5O3/c21-11-14-5-3-4-8-25(14)20(27)17-12-24(9-10-28-17)13-18-22-16-7-2-1-6-15(16)19(26)23-18/h1-2,6-7,14,17H,3-5,8-13,21H2,(H,22,23,26). The number of rotatable bonds is 4. The van der Waals surface area contributed by atoms with E-state index in [4.69, 9.17) is 10.5 Å². The number of aromatic amines is 1. The zero-order valence-electron chi connectivity index (χ0n) is 16.0. The average Bonchev–Trinajstić information content (AvgIpc) is 2.73. The first-order valence-electron chi connectivity index (χ1n) is 9.98. The van der Waals surface area contributed by atoms with E-state index in [0.717, 1.165) is 25.8 Å². The molecule has 3 heterocycles. The Morgan fingerprint density at radius 3 is 3.00 bits per heavy atom. The molecule has 8 nitrogen and oxygen atoms in total. The summed E-state index contributed by atoms with van der Waals surface area (Å²) in [7, 11) is 0. The number of hydrogen-bond acceptors (Lipinski definition) is 6. The smallest absolute Gasteiger partial charge is 0.258 e. The molecule has 2 unspecified atom stereocenters. The summed E-state index contributed by atoms with van der Waals surface area (Å²) in [5, 5.41) is 0.583. The van der Waals surface area contributed by atoms with Gasteiger partial charge < -0.3 is 20.4 Å². The van der Waals surface area contributed by atoms with Gasteiger partial charge in [0.05, 0.1) is 24.1 Å². The summed E-state index contributed by atoms with van der Waals surface area (Å²) in [4.78, 5) is 36.7. The van der Waals surface area contributed by atoms with Gasteiger partial charge in [-0.25, -0.2) is 4.98 Å². The Balaban J connectivity index is 1.45. The second kappa shape index (κ2) is 8.38. The summed E-state index contributed by atoms with van der Waals surface area (Å²) in [6, 6.07) is 7.41. The van der Waals surface area contributed by atoms with Crippen molar-refractivity contribution in [2.45, 2.75) is 38.0 Å². The number of aromatic nitrogens is 2. The third-order valence-corrected chi connectivity index (χ3v) is 5.64. The fourth-order valence-corrected chi connectivity index (χ4v) is 4.14. The number of fused-ring (bicyclic) bond motifs is 1. The van der Waals surface area contributed by atoms with Crippen LogP contribution in [0.2, 0.25) is 0 Å². The van der Waals surface area contributed by atoms with E-state index in [1.807, 2.05) is 23.1 Å². The highest BCUT2D eigenvalue weighted by atomic mass is 16.5. The van der Waals surface area contributed by atoms with E-state index < -0.39 is 6.10 Å². The molecule has 2 aliphatic rings. The van der Waals surface area contributed by atoms with E-state index in [1.54, 1.807) is 6.07 Å². The van der Waals surface area contributed by atoms with Crippen molar-refractivity contribution >= 4 is 16.8 Å². The van der Waals surface area contributed by atoms with Crippen molar-refractivity contribution in [2.75, 3.05) is 32.8 Å². The maximum absolute atomic E-state index is 13.0. The molecule has 4 rings (SSSR count). The van der Waals surface area contributed by atoms with Gasteiger partial charge in [-0.15, -0.1) is 0 Å². The largest absolute Gasteiger partial charge is 0.366 e. The second-order valence-electron chi connectivity index (χ2n) is 7.54. The van der Waals surface area contributed by atoms with Gasteiger partial charge in [-0.3, -0.25) is 14.5 Å². The third-order valence-electron chi connectivity index (χ3n) is 5.64. The van der Waals surface area contributed by atoms with Crippen molar-refractivity contribution < 1.29 is 9.53 Å². The maximum Gasteiger partial charge on any atom is 0.258 e. The number of ether oxygens (including phenoxy) is 1. The van der Waals surface area contributed by atoms with Gasteiger partial charge in [0.25, 0.3) is 11.5 Å². The molecule has 2 fully saturated rings. The molecule has 1 amide bonds. The molecule has 0 spiro atoms. The van der Waals surface area contributed by atoms with E-state index in [-0.39, 0.29) is 17.5 Å². The lowest BCUT2D eigenvalue weighted by Crippen LogP contribution is -2.55. The van der Waals surface area contributed by atoms with Gasteiger partial charge in [0, 0.05) is 32.2 Å². The zero-order valence-corrected chi connectivity index (χ0v) is 16.0. The molecule has 150 valence electrons. The molecule has 3 N–H and O–H groups in total. The average molecular weight is 385 g/mol. The quantitative estimate of drug-likeness (QED) is 0.793. The molecule has 2 saturated heterocycles. The topological polar surface area (TPSA) is 105 Å². The number of nitrogens with zero attached hydrogens (tertiary/aromatic N) is 3. The van der Waals surface area contributed by atoms with Gasteiger partial charge >= 0.3 is 0 Å². The third kappa shape index (κ3) is 3.94. The summed E-state index contributed by atoms with van der Waals surface area (Å²) in [6.45, 7) is 3.39. The molecule has 0 aliphatic carbocycles. The van der Waals surface area contributed by atoms with Crippen LogP contribution in [0.5, 0.6) is 0 Å². The molecule has 2 aliphatic heterocycles. The number of H-pyrrole nitrogens is 1. The zero-order chi connectivity index (χ0) is 19.5. The monoisotopic (exact) mass is 385 g/mol. The number of carbonyl (C=O) groups is 1. The lowest BCUT2D eigenvalue weighted by Gasteiger charge is -2.39. The van der Waals surface area contributed by atoms with Gasteiger partial charge in [0.15, 0.2) is 0 Å². The summed E-state index contributed by atoms with van der Waals surface area (Å²) < 4.78 is 5.78. The van der Waals surface area contributed by atoms with Gasteiger partial charge in [-0.1, -0.05) is 12.1 Å². The molecule has 8 heteroatoms. The minimum atomic E-state index is -0.493. The van der Waals surface area contributed by atoms with Crippen LogP contribution in [0.3, 0.4) is 0 Å². The fraction of sp³-hybridized carbons (Fsp3) is 0.550. The Labute approximate surface area is 163 Å². The predicted octanol–water partition coefficient (Wildman–Crippen LogP) is 0.464. The van der Waals surface area contributed by atoms with Crippen LogP contribution in [0.4, 0.5) is 0 Å². The maximum atomic E-state index is 13.0. The lowest BCUT2D eigenvalue weighted by atomic mass is 10.0. The minimum absolute atomic E-state index is 0.0276. The number of nitrogens with two attached hydrogens (primary N) is 1. The molecule has 1 aromatic heterocycles. The summed E-state index contributed by atoms with van der Waals surface area (Å²) in [5.41, 5.74) is 6.41. The van der Waals surface area contributed by atoms with Crippen molar-refractivity contribution in [3.8, 4) is 0 Å². The molecule has 0 saturated carbocycles. The molecule has 0 radical (unpaired) electrons. The summed E-state index contributed by atoms with van der Waals surface area (Å²) in [5.74, 6) is 0.634. The number of piperidine rings is 1. The highest BCUT2D eigenvalue weighted by molar-refractivity contribution is 5.81. The van der Waals surface area contributed by atoms with Gasteiger partial charge in [0.1, 0.15) is 11.9 Å². The number of benzene rings is 1. The van der Waals surface area contributed by atoms with Crippen LogP contribution in [-0.4, -0.2) is 70.6 Å². The normalized spacial score (nSPS) is 23.8. The second-order valence-corrected chi connectivity index (χ2v) is 7.54. The van der Waals surface area contributed by atoms with Gasteiger partial charge in [0.2, 0.25) is 0 Å². The first kappa shape index (κ1) is 19.0. The lowest BCUT2D eigenvalue weighted by molar-refractivity contribution is -0.153. The van der Waals surface area contributed by atoms with Crippen molar-refractivity contribution in [1.29, 1.82) is 0 Å². The Hall–Kier alpha value is -2.29. The van der Waals surface area contributed by atoms with Crippen LogP contribution < -0.4 is 11.3 Å². The molecular weight excluding hydrogens is 358 g/mol. The van der Waals surface area contributed by atoms with E-state index >= 15 is 0 Å². The van der Waals surface area contributed by atoms with Crippen LogP contribution in [0, 0.1) is 0 Å².